The van der Waals surface area contributed by atoms with Gasteiger partial charge in [-0.1, -0.05) is 39.8 Å². The fraction of sp³-hybridized carbons (Fsp3) is 0.667. The Kier molecular flexibility index (Phi) is 8.04. The van der Waals surface area contributed by atoms with Gasteiger partial charge in [-0.15, -0.1) is 0 Å². The van der Waals surface area contributed by atoms with Crippen molar-refractivity contribution < 1.29 is 18.1 Å². The van der Waals surface area contributed by atoms with Gasteiger partial charge in [0.05, 0.1) is 31.1 Å². The molecule has 158 valence electrons. The summed E-state index contributed by atoms with van der Waals surface area (Å²) < 4.78 is 27.4. The topological polar surface area (TPSA) is 70.9 Å². The number of benzene rings is 1. The van der Waals surface area contributed by atoms with Crippen molar-refractivity contribution in [1.82, 2.24) is 9.62 Å². The maximum Gasteiger partial charge on any atom is 0.275 e. The van der Waals surface area contributed by atoms with Crippen LogP contribution in [0.15, 0.2) is 29.2 Å². The first-order valence-electron chi connectivity index (χ1n) is 10.4. The van der Waals surface area contributed by atoms with Crippen LogP contribution in [-0.2, 0) is 14.8 Å². The summed E-state index contributed by atoms with van der Waals surface area (Å²) in [7, 11) is -3.47. The minimum atomic E-state index is -3.47. The number of carbonyl (C=O) groups is 1. The summed E-state index contributed by atoms with van der Waals surface area (Å²) in [5.74, 6) is 0.856. The van der Waals surface area contributed by atoms with Crippen molar-refractivity contribution in [3.8, 4) is 0 Å². The van der Waals surface area contributed by atoms with E-state index in [1.54, 1.807) is 16.4 Å². The number of carbonyl (C=O) groups excluding carboxylic acids is 1. The van der Waals surface area contributed by atoms with E-state index in [-0.39, 0.29) is 11.9 Å². The molecule has 0 aromatic heterocycles. The van der Waals surface area contributed by atoms with Crippen molar-refractivity contribution >= 4 is 15.9 Å². The van der Waals surface area contributed by atoms with Crippen LogP contribution in [0.25, 0.3) is 0 Å². The van der Waals surface area contributed by atoms with Crippen LogP contribution in [0.1, 0.15) is 52.5 Å². The summed E-state index contributed by atoms with van der Waals surface area (Å²) in [5, 5.41) is 3.02. The summed E-state index contributed by atoms with van der Waals surface area (Å²) in [5.41, 5.74) is 1.16. The second-order valence-corrected chi connectivity index (χ2v) is 10.2. The molecule has 6 nitrogen and oxygen atoms in total. The van der Waals surface area contributed by atoms with Crippen LogP contribution >= 0.6 is 0 Å². The predicted octanol–water partition coefficient (Wildman–Crippen LogP) is 1.25. The molecule has 2 N–H and O–H groups in total. The molecule has 1 fully saturated rings. The highest BCUT2D eigenvalue weighted by molar-refractivity contribution is 7.89. The number of rotatable bonds is 8. The van der Waals surface area contributed by atoms with E-state index in [2.05, 4.69) is 33.0 Å². The highest BCUT2D eigenvalue weighted by Gasteiger charge is 2.31. The number of sulfonamides is 1. The van der Waals surface area contributed by atoms with Crippen molar-refractivity contribution in [3.63, 3.8) is 0 Å². The van der Waals surface area contributed by atoms with Crippen molar-refractivity contribution in [3.05, 3.63) is 29.8 Å². The quantitative estimate of drug-likeness (QED) is 0.678. The van der Waals surface area contributed by atoms with E-state index in [4.69, 9.17) is 0 Å². The van der Waals surface area contributed by atoms with E-state index >= 15 is 0 Å². The van der Waals surface area contributed by atoms with Crippen LogP contribution < -0.4 is 10.2 Å². The molecule has 1 amide bonds. The molecule has 1 aromatic rings. The van der Waals surface area contributed by atoms with E-state index in [1.807, 2.05) is 19.1 Å². The maximum atomic E-state index is 12.9. The summed E-state index contributed by atoms with van der Waals surface area (Å²) in [6, 6.07) is 7.42. The van der Waals surface area contributed by atoms with Gasteiger partial charge in [0.15, 0.2) is 6.54 Å². The summed E-state index contributed by atoms with van der Waals surface area (Å²) >= 11 is 0. The standard InChI is InChI=1S/C21H35N3O3S/c1-6-17(4)19-7-9-20(10-8-19)28(26,27)24-13-11-23(12-14-24)15-21(25)22-18(5)16(2)3/h7-10,16-18H,6,11-15H2,1-5H3,(H,22,25)/p+1/t17-,18-/m0/s1. The third-order valence-corrected chi connectivity index (χ3v) is 7.84. The Labute approximate surface area is 170 Å². The van der Waals surface area contributed by atoms with Crippen molar-refractivity contribution in [2.24, 2.45) is 5.92 Å². The molecule has 2 atom stereocenters. The number of piperazine rings is 1. The number of amides is 1. The van der Waals surface area contributed by atoms with E-state index in [0.717, 1.165) is 16.9 Å². The minimum absolute atomic E-state index is 0.0353. The van der Waals surface area contributed by atoms with Crippen LogP contribution in [0.3, 0.4) is 0 Å². The fourth-order valence-corrected chi connectivity index (χ4v) is 4.71. The Morgan fingerprint density at radius 2 is 1.68 bits per heavy atom. The molecule has 28 heavy (non-hydrogen) atoms. The van der Waals surface area contributed by atoms with Gasteiger partial charge in [0.2, 0.25) is 10.0 Å². The third-order valence-electron chi connectivity index (χ3n) is 5.93. The molecule has 0 radical (unpaired) electrons. The number of nitrogens with one attached hydrogen (secondary N) is 2. The van der Waals surface area contributed by atoms with Gasteiger partial charge in [-0.05, 0) is 42.9 Å². The molecule has 7 heteroatoms. The van der Waals surface area contributed by atoms with Gasteiger partial charge in [0, 0.05) is 6.04 Å². The van der Waals surface area contributed by atoms with Gasteiger partial charge in [-0.25, -0.2) is 8.42 Å². The monoisotopic (exact) mass is 410 g/mol. The molecule has 1 aliphatic rings. The lowest BCUT2D eigenvalue weighted by Gasteiger charge is -2.31. The molecular weight excluding hydrogens is 374 g/mol. The Hall–Kier alpha value is -1.44. The molecule has 0 aliphatic carbocycles. The number of nitrogens with zero attached hydrogens (tertiary/aromatic N) is 1. The average Bonchev–Trinajstić information content (AvgIpc) is 2.67. The van der Waals surface area contributed by atoms with Gasteiger partial charge in [-0.2, -0.15) is 4.31 Å². The molecule has 1 saturated heterocycles. The molecule has 0 saturated carbocycles. The fourth-order valence-electron chi connectivity index (χ4n) is 3.27. The lowest BCUT2D eigenvalue weighted by atomic mass is 9.99. The molecular formula is C21H36N3O3S+. The smallest absolute Gasteiger partial charge is 0.275 e. The van der Waals surface area contributed by atoms with Gasteiger partial charge in [0.25, 0.3) is 5.91 Å². The lowest BCUT2D eigenvalue weighted by Crippen LogP contribution is -3.15. The van der Waals surface area contributed by atoms with Gasteiger partial charge in [0.1, 0.15) is 0 Å². The molecule has 0 bridgehead atoms. The van der Waals surface area contributed by atoms with Crippen LogP contribution in [0.4, 0.5) is 0 Å². The molecule has 1 heterocycles. The molecule has 0 unspecified atom stereocenters. The Morgan fingerprint density at radius 1 is 1.11 bits per heavy atom. The van der Waals surface area contributed by atoms with Crippen LogP contribution in [0.2, 0.25) is 0 Å². The second-order valence-electron chi connectivity index (χ2n) is 8.31. The van der Waals surface area contributed by atoms with E-state index < -0.39 is 10.0 Å². The first kappa shape index (κ1) is 22.8. The normalized spacial score (nSPS) is 18.8. The van der Waals surface area contributed by atoms with Crippen molar-refractivity contribution in [2.75, 3.05) is 32.7 Å². The summed E-state index contributed by atoms with van der Waals surface area (Å²) in [6.45, 7) is 13.0. The highest BCUT2D eigenvalue weighted by Crippen LogP contribution is 2.22. The third kappa shape index (κ3) is 5.78. The van der Waals surface area contributed by atoms with Crippen LogP contribution in [-0.4, -0.2) is 57.4 Å². The number of hydrogen-bond donors (Lipinski definition) is 2. The van der Waals surface area contributed by atoms with Crippen LogP contribution in [0.5, 0.6) is 0 Å². The Balaban J connectivity index is 1.92. The zero-order chi connectivity index (χ0) is 20.9. The summed E-state index contributed by atoms with van der Waals surface area (Å²) in [6.07, 6.45) is 1.03. The zero-order valence-corrected chi connectivity index (χ0v) is 18.7. The predicted molar refractivity (Wildman–Crippen MR) is 112 cm³/mol. The van der Waals surface area contributed by atoms with E-state index in [9.17, 15) is 13.2 Å². The van der Waals surface area contributed by atoms with E-state index in [1.165, 1.54) is 0 Å². The largest absolute Gasteiger partial charge is 0.348 e. The second kappa shape index (κ2) is 9.85. The van der Waals surface area contributed by atoms with Crippen molar-refractivity contribution in [2.45, 2.75) is 57.9 Å². The van der Waals surface area contributed by atoms with Crippen LogP contribution in [0, 0.1) is 5.92 Å². The Morgan fingerprint density at radius 3 is 2.18 bits per heavy atom. The molecule has 1 aromatic carbocycles. The van der Waals surface area contributed by atoms with E-state index in [0.29, 0.717) is 49.5 Å². The minimum Gasteiger partial charge on any atom is -0.348 e. The summed E-state index contributed by atoms with van der Waals surface area (Å²) in [4.78, 5) is 13.7. The first-order valence-corrected chi connectivity index (χ1v) is 11.8. The number of hydrogen-bond acceptors (Lipinski definition) is 3. The SMILES string of the molecule is CC[C@H](C)c1ccc(S(=O)(=O)N2CC[NH+](CC(=O)N[C@@H](C)C(C)C)CC2)cc1. The molecule has 0 spiro atoms. The number of quaternary nitrogens is 1. The molecule has 2 rings (SSSR count). The Bertz CT molecular complexity index is 739. The van der Waals surface area contributed by atoms with Crippen molar-refractivity contribution in [1.29, 1.82) is 0 Å². The first-order chi connectivity index (χ1) is 13.1. The zero-order valence-electron chi connectivity index (χ0n) is 17.9. The lowest BCUT2D eigenvalue weighted by molar-refractivity contribution is -0.895. The maximum absolute atomic E-state index is 12.9. The van der Waals surface area contributed by atoms with Gasteiger partial charge in [-0.3, -0.25) is 4.79 Å². The highest BCUT2D eigenvalue weighted by atomic mass is 32.2. The van der Waals surface area contributed by atoms with Gasteiger partial charge < -0.3 is 10.2 Å². The van der Waals surface area contributed by atoms with Gasteiger partial charge >= 0.3 is 0 Å². The molecule has 1 aliphatic heterocycles. The average molecular weight is 411 g/mol.